The summed E-state index contributed by atoms with van der Waals surface area (Å²) in [4.78, 5) is 21.1. The molecule has 1 amide bonds. The van der Waals surface area contributed by atoms with Crippen molar-refractivity contribution in [3.05, 3.63) is 53.1 Å². The summed E-state index contributed by atoms with van der Waals surface area (Å²) in [7, 11) is 0. The number of hydrogen-bond donors (Lipinski definition) is 1. The van der Waals surface area contributed by atoms with Crippen LogP contribution in [0, 0.1) is 11.2 Å². The lowest BCUT2D eigenvalue weighted by atomic mass is 10.1. The molecule has 1 N–H and O–H groups in total. The highest BCUT2D eigenvalue weighted by atomic mass is 19.1. The zero-order chi connectivity index (χ0) is 14.3. The number of nitrogens with one attached hydrogen (secondary N) is 1. The average molecular weight is 271 g/mol. The fraction of sp³-hybridized carbons (Fsp3) is 0.0714. The van der Waals surface area contributed by atoms with Crippen LogP contribution in [-0.2, 0) is 9.63 Å². The number of amidine groups is 2. The van der Waals surface area contributed by atoms with Crippen LogP contribution < -0.4 is 0 Å². The van der Waals surface area contributed by atoms with Crippen LogP contribution in [0.3, 0.4) is 0 Å². The first kappa shape index (κ1) is 12.3. The molecule has 0 bridgehead atoms. The molecular formula is C14H10FN3O2. The number of carbonyl (C=O) groups is 1. The molecule has 20 heavy (non-hydrogen) atoms. The Morgan fingerprint density at radius 2 is 2.05 bits per heavy atom. The Morgan fingerprint density at radius 3 is 2.75 bits per heavy atom. The highest BCUT2D eigenvalue weighted by molar-refractivity contribution is 6.32. The molecule has 3 rings (SSSR count). The van der Waals surface area contributed by atoms with Gasteiger partial charge in [-0.25, -0.2) is 4.39 Å². The number of nitrogens with zero attached hydrogens (tertiary/aromatic N) is 2. The van der Waals surface area contributed by atoms with Crippen LogP contribution >= 0.6 is 0 Å². The van der Waals surface area contributed by atoms with Crippen LogP contribution in [0.1, 0.15) is 12.5 Å². The maximum atomic E-state index is 12.9. The first-order chi connectivity index (χ1) is 9.54. The number of rotatable bonds is 1. The number of halogens is 1. The van der Waals surface area contributed by atoms with Gasteiger partial charge in [0.25, 0.3) is 5.91 Å². The van der Waals surface area contributed by atoms with Gasteiger partial charge in [0.2, 0.25) is 0 Å². The second-order valence-electron chi connectivity index (χ2n) is 4.37. The average Bonchev–Trinajstić information content (AvgIpc) is 2.77. The monoisotopic (exact) mass is 271 g/mol. The SMILES string of the molecule is CC1=CC2=NC(=O)/C(=C/c3ccc(F)cc3)C(=N)N2O1. The van der Waals surface area contributed by atoms with E-state index in [0.29, 0.717) is 17.2 Å². The Morgan fingerprint density at radius 1 is 1.35 bits per heavy atom. The molecule has 2 aliphatic rings. The minimum Gasteiger partial charge on any atom is -0.376 e. The van der Waals surface area contributed by atoms with Gasteiger partial charge in [-0.15, -0.1) is 5.06 Å². The molecule has 0 atom stereocenters. The van der Waals surface area contributed by atoms with Gasteiger partial charge in [-0.05, 0) is 30.7 Å². The van der Waals surface area contributed by atoms with Gasteiger partial charge in [0, 0.05) is 6.08 Å². The summed E-state index contributed by atoms with van der Waals surface area (Å²) in [6.07, 6.45) is 3.07. The molecule has 2 heterocycles. The van der Waals surface area contributed by atoms with Gasteiger partial charge >= 0.3 is 0 Å². The van der Waals surface area contributed by atoms with Crippen molar-refractivity contribution in [3.8, 4) is 0 Å². The second-order valence-corrected chi connectivity index (χ2v) is 4.37. The highest BCUT2D eigenvalue weighted by Crippen LogP contribution is 2.23. The number of amides is 1. The van der Waals surface area contributed by atoms with Crippen LogP contribution in [0.25, 0.3) is 6.08 Å². The van der Waals surface area contributed by atoms with Crippen LogP contribution in [0.2, 0.25) is 0 Å². The zero-order valence-corrected chi connectivity index (χ0v) is 10.6. The summed E-state index contributed by atoms with van der Waals surface area (Å²) in [6, 6.07) is 5.62. The van der Waals surface area contributed by atoms with E-state index >= 15 is 0 Å². The van der Waals surface area contributed by atoms with E-state index in [1.807, 2.05) is 0 Å². The summed E-state index contributed by atoms with van der Waals surface area (Å²) in [5.41, 5.74) is 0.713. The Kier molecular flexibility index (Phi) is 2.71. The van der Waals surface area contributed by atoms with Crippen molar-refractivity contribution < 1.29 is 14.0 Å². The topological polar surface area (TPSA) is 65.8 Å². The molecule has 0 saturated heterocycles. The van der Waals surface area contributed by atoms with Gasteiger partial charge in [0.1, 0.15) is 11.6 Å². The van der Waals surface area contributed by atoms with Crippen molar-refractivity contribution in [2.75, 3.05) is 0 Å². The molecule has 0 saturated carbocycles. The van der Waals surface area contributed by atoms with E-state index in [2.05, 4.69) is 4.99 Å². The second kappa shape index (κ2) is 4.41. The first-order valence-corrected chi connectivity index (χ1v) is 5.90. The van der Waals surface area contributed by atoms with E-state index in [0.717, 1.165) is 0 Å². The number of hydrogen-bond acceptors (Lipinski definition) is 3. The molecule has 1 aromatic carbocycles. The third-order valence-electron chi connectivity index (χ3n) is 2.86. The third-order valence-corrected chi connectivity index (χ3v) is 2.86. The quantitative estimate of drug-likeness (QED) is 0.797. The summed E-state index contributed by atoms with van der Waals surface area (Å²) < 4.78 is 12.9. The molecule has 5 nitrogen and oxygen atoms in total. The summed E-state index contributed by atoms with van der Waals surface area (Å²) in [6.45, 7) is 1.71. The Bertz CT molecular complexity index is 702. The number of hydroxylamine groups is 2. The maximum Gasteiger partial charge on any atom is 0.282 e. The number of carbonyl (C=O) groups excluding carboxylic acids is 1. The third kappa shape index (κ3) is 2.01. The Hall–Kier alpha value is -2.76. The molecule has 0 radical (unpaired) electrons. The van der Waals surface area contributed by atoms with E-state index in [1.54, 1.807) is 13.0 Å². The minimum absolute atomic E-state index is 0.0857. The number of benzene rings is 1. The largest absolute Gasteiger partial charge is 0.376 e. The van der Waals surface area contributed by atoms with Gasteiger partial charge in [-0.1, -0.05) is 12.1 Å². The lowest BCUT2D eigenvalue weighted by Gasteiger charge is -2.22. The van der Waals surface area contributed by atoms with Gasteiger partial charge in [0.05, 0.1) is 5.57 Å². The Balaban J connectivity index is 1.98. The van der Waals surface area contributed by atoms with E-state index in [1.165, 1.54) is 35.4 Å². The van der Waals surface area contributed by atoms with E-state index in [9.17, 15) is 9.18 Å². The van der Waals surface area contributed by atoms with E-state index in [4.69, 9.17) is 10.2 Å². The smallest absolute Gasteiger partial charge is 0.282 e. The summed E-state index contributed by atoms with van der Waals surface area (Å²) >= 11 is 0. The molecule has 6 heteroatoms. The molecule has 0 aliphatic carbocycles. The standard InChI is InChI=1S/C14H10FN3O2/c1-8-6-12-17-14(19)11(13(16)18(12)20-8)7-9-2-4-10(15)5-3-9/h2-7,16H,1H3/b11-7+,16-13?. The van der Waals surface area contributed by atoms with Gasteiger partial charge < -0.3 is 4.84 Å². The maximum absolute atomic E-state index is 12.9. The highest BCUT2D eigenvalue weighted by Gasteiger charge is 2.34. The van der Waals surface area contributed by atoms with Gasteiger partial charge in [0.15, 0.2) is 11.7 Å². The van der Waals surface area contributed by atoms with E-state index < -0.39 is 5.91 Å². The van der Waals surface area contributed by atoms with Crippen LogP contribution in [-0.4, -0.2) is 22.6 Å². The molecule has 2 aliphatic heterocycles. The number of fused-ring (bicyclic) bond motifs is 1. The van der Waals surface area contributed by atoms with Crippen molar-refractivity contribution in [3.63, 3.8) is 0 Å². The Labute approximate surface area is 114 Å². The molecular weight excluding hydrogens is 261 g/mol. The molecule has 100 valence electrons. The van der Waals surface area contributed by atoms with Crippen LogP contribution in [0.5, 0.6) is 0 Å². The lowest BCUT2D eigenvalue weighted by Crippen LogP contribution is -2.38. The molecule has 1 aromatic rings. The number of allylic oxidation sites excluding steroid dienone is 1. The van der Waals surface area contributed by atoms with Crippen molar-refractivity contribution >= 4 is 23.7 Å². The van der Waals surface area contributed by atoms with Crippen molar-refractivity contribution in [1.29, 1.82) is 5.41 Å². The predicted molar refractivity (Wildman–Crippen MR) is 71.2 cm³/mol. The van der Waals surface area contributed by atoms with Gasteiger partial charge in [-0.3, -0.25) is 10.2 Å². The fourth-order valence-corrected chi connectivity index (χ4v) is 1.93. The summed E-state index contributed by atoms with van der Waals surface area (Å²) in [5, 5.41) is 9.20. The molecule has 0 fully saturated rings. The van der Waals surface area contributed by atoms with Crippen molar-refractivity contribution in [1.82, 2.24) is 5.06 Å². The lowest BCUT2D eigenvalue weighted by molar-refractivity contribution is -0.114. The zero-order valence-electron chi connectivity index (χ0n) is 10.6. The normalized spacial score (nSPS) is 19.7. The number of aliphatic imine (C=N–C) groups is 1. The molecule has 0 spiro atoms. The van der Waals surface area contributed by atoms with Crippen molar-refractivity contribution in [2.24, 2.45) is 4.99 Å². The summed E-state index contributed by atoms with van der Waals surface area (Å²) in [5.74, 6) is -0.101. The first-order valence-electron chi connectivity index (χ1n) is 5.90. The fourth-order valence-electron chi connectivity index (χ4n) is 1.93. The minimum atomic E-state index is -0.514. The van der Waals surface area contributed by atoms with E-state index in [-0.39, 0.29) is 17.2 Å². The van der Waals surface area contributed by atoms with Crippen molar-refractivity contribution in [2.45, 2.75) is 6.92 Å². The molecule has 0 unspecified atom stereocenters. The van der Waals surface area contributed by atoms with Crippen LogP contribution in [0.15, 0.2) is 46.7 Å². The van der Waals surface area contributed by atoms with Crippen LogP contribution in [0.4, 0.5) is 4.39 Å². The molecule has 0 aromatic heterocycles. The van der Waals surface area contributed by atoms with Gasteiger partial charge in [-0.2, -0.15) is 4.99 Å². The predicted octanol–water partition coefficient (Wildman–Crippen LogP) is 2.28.